The van der Waals surface area contributed by atoms with E-state index in [0.29, 0.717) is 0 Å². The van der Waals surface area contributed by atoms with Crippen molar-refractivity contribution in [1.82, 2.24) is 4.98 Å². The zero-order valence-corrected chi connectivity index (χ0v) is 7.58. The van der Waals surface area contributed by atoms with E-state index in [9.17, 15) is 0 Å². The molecule has 0 N–H and O–H groups in total. The van der Waals surface area contributed by atoms with E-state index in [1.165, 1.54) is 11.8 Å². The highest BCUT2D eigenvalue weighted by atomic mass is 32.2. The number of hydrogen-bond donors (Lipinski definition) is 0. The van der Waals surface area contributed by atoms with Crippen LogP contribution in [0.2, 0.25) is 0 Å². The van der Waals surface area contributed by atoms with Gasteiger partial charge in [-0.15, -0.1) is 0 Å². The predicted octanol–water partition coefficient (Wildman–Crippen LogP) is 2.81. The minimum atomic E-state index is 0.961. The summed E-state index contributed by atoms with van der Waals surface area (Å²) < 4.78 is 0. The molecule has 1 aromatic carbocycles. The molecule has 2 aromatic rings. The van der Waals surface area contributed by atoms with Gasteiger partial charge in [-0.25, -0.2) is 0 Å². The molecule has 0 bridgehead atoms. The Labute approximate surface area is 80.2 Å². The van der Waals surface area contributed by atoms with Gasteiger partial charge in [-0.05, 0) is 36.0 Å². The number of pyridine rings is 1. The number of fused-ring (bicyclic) bond motifs is 1. The van der Waals surface area contributed by atoms with Gasteiger partial charge in [-0.2, -0.15) is 5.26 Å². The van der Waals surface area contributed by atoms with E-state index in [2.05, 4.69) is 4.98 Å². The summed E-state index contributed by atoms with van der Waals surface area (Å²) in [6.07, 6.45) is 1.76. The highest BCUT2D eigenvalue weighted by Gasteiger charge is 1.95. The summed E-state index contributed by atoms with van der Waals surface area (Å²) in [6, 6.07) is 9.68. The first-order chi connectivity index (χ1) is 6.40. The van der Waals surface area contributed by atoms with Crippen molar-refractivity contribution in [2.75, 3.05) is 0 Å². The van der Waals surface area contributed by atoms with Crippen LogP contribution in [0.25, 0.3) is 10.9 Å². The summed E-state index contributed by atoms with van der Waals surface area (Å²) >= 11 is 1.17. The van der Waals surface area contributed by atoms with Gasteiger partial charge < -0.3 is 0 Å². The number of rotatable bonds is 1. The molecule has 0 aliphatic rings. The molecular weight excluding hydrogens is 180 g/mol. The second-order valence-electron chi connectivity index (χ2n) is 2.55. The smallest absolute Gasteiger partial charge is 0.138 e. The molecule has 0 fully saturated rings. The molecule has 0 spiro atoms. The van der Waals surface area contributed by atoms with E-state index < -0.39 is 0 Å². The van der Waals surface area contributed by atoms with E-state index in [1.54, 1.807) is 6.20 Å². The fourth-order valence-electron chi connectivity index (χ4n) is 1.17. The monoisotopic (exact) mass is 186 g/mol. The lowest BCUT2D eigenvalue weighted by molar-refractivity contribution is 1.39. The molecule has 0 aliphatic heterocycles. The fourth-order valence-corrected chi connectivity index (χ4v) is 1.60. The van der Waals surface area contributed by atoms with Crippen LogP contribution in [0.3, 0.4) is 0 Å². The maximum Gasteiger partial charge on any atom is 0.138 e. The van der Waals surface area contributed by atoms with E-state index in [1.807, 2.05) is 35.7 Å². The summed E-state index contributed by atoms with van der Waals surface area (Å²) in [6.45, 7) is 0. The van der Waals surface area contributed by atoms with Crippen molar-refractivity contribution in [2.24, 2.45) is 0 Å². The molecule has 0 atom stereocenters. The Morgan fingerprint density at radius 1 is 1.31 bits per heavy atom. The Balaban J connectivity index is 2.57. The van der Waals surface area contributed by atoms with Crippen LogP contribution in [0.1, 0.15) is 0 Å². The maximum atomic E-state index is 8.49. The molecular formula is C10H6N2S. The first-order valence-electron chi connectivity index (χ1n) is 3.81. The van der Waals surface area contributed by atoms with E-state index in [4.69, 9.17) is 5.26 Å². The average Bonchev–Trinajstić information content (AvgIpc) is 2.18. The van der Waals surface area contributed by atoms with Gasteiger partial charge in [0.2, 0.25) is 0 Å². The minimum Gasteiger partial charge on any atom is -0.256 e. The molecule has 3 heteroatoms. The van der Waals surface area contributed by atoms with Gasteiger partial charge in [0, 0.05) is 16.5 Å². The standard InChI is InChI=1S/C10H6N2S/c11-7-13-9-3-4-10-8(6-9)2-1-5-12-10/h1-6H. The Morgan fingerprint density at radius 2 is 2.23 bits per heavy atom. The molecule has 0 unspecified atom stereocenters. The zero-order valence-electron chi connectivity index (χ0n) is 6.77. The SMILES string of the molecule is N#CSc1ccc2ncccc2c1. The highest BCUT2D eigenvalue weighted by molar-refractivity contribution is 8.03. The second-order valence-corrected chi connectivity index (χ2v) is 3.41. The third kappa shape index (κ3) is 1.63. The summed E-state index contributed by atoms with van der Waals surface area (Å²) in [7, 11) is 0. The lowest BCUT2D eigenvalue weighted by atomic mass is 10.2. The van der Waals surface area contributed by atoms with Gasteiger partial charge in [0.1, 0.15) is 5.40 Å². The fraction of sp³-hybridized carbons (Fsp3) is 0. The number of thiocyanates is 1. The Kier molecular flexibility index (Phi) is 2.15. The molecule has 62 valence electrons. The van der Waals surface area contributed by atoms with Crippen molar-refractivity contribution in [3.8, 4) is 5.40 Å². The van der Waals surface area contributed by atoms with Gasteiger partial charge in [-0.1, -0.05) is 6.07 Å². The third-order valence-corrected chi connectivity index (χ3v) is 2.32. The van der Waals surface area contributed by atoms with Crippen LogP contribution in [0.5, 0.6) is 0 Å². The summed E-state index contributed by atoms with van der Waals surface area (Å²) in [5, 5.41) is 11.6. The maximum absolute atomic E-state index is 8.49. The topological polar surface area (TPSA) is 36.7 Å². The lowest BCUT2D eigenvalue weighted by Gasteiger charge is -1.97. The Bertz CT molecular complexity index is 474. The van der Waals surface area contributed by atoms with Crippen molar-refractivity contribution >= 4 is 22.7 Å². The van der Waals surface area contributed by atoms with E-state index in [-0.39, 0.29) is 0 Å². The van der Waals surface area contributed by atoms with Crippen LogP contribution in [0, 0.1) is 10.7 Å². The van der Waals surface area contributed by atoms with Crippen molar-refractivity contribution in [1.29, 1.82) is 5.26 Å². The van der Waals surface area contributed by atoms with Gasteiger partial charge in [0.05, 0.1) is 5.52 Å². The first kappa shape index (κ1) is 8.09. The molecule has 1 heterocycles. The van der Waals surface area contributed by atoms with Gasteiger partial charge >= 0.3 is 0 Å². The number of aromatic nitrogens is 1. The van der Waals surface area contributed by atoms with Crippen LogP contribution in [0.15, 0.2) is 41.4 Å². The van der Waals surface area contributed by atoms with Crippen molar-refractivity contribution in [3.05, 3.63) is 36.5 Å². The minimum absolute atomic E-state index is 0.961. The first-order valence-corrected chi connectivity index (χ1v) is 4.62. The number of thioether (sulfide) groups is 1. The van der Waals surface area contributed by atoms with Crippen molar-refractivity contribution in [3.63, 3.8) is 0 Å². The number of hydrogen-bond acceptors (Lipinski definition) is 3. The number of benzene rings is 1. The van der Waals surface area contributed by atoms with Gasteiger partial charge in [0.25, 0.3) is 0 Å². The quantitative estimate of drug-likeness (QED) is 0.507. The number of nitrogens with zero attached hydrogens (tertiary/aromatic N) is 2. The normalized spacial score (nSPS) is 9.77. The van der Waals surface area contributed by atoms with Crippen LogP contribution in [0.4, 0.5) is 0 Å². The van der Waals surface area contributed by atoms with E-state index in [0.717, 1.165) is 15.8 Å². The highest BCUT2D eigenvalue weighted by Crippen LogP contribution is 2.21. The summed E-state index contributed by atoms with van der Waals surface area (Å²) in [4.78, 5) is 5.15. The van der Waals surface area contributed by atoms with E-state index >= 15 is 0 Å². The molecule has 0 radical (unpaired) electrons. The van der Waals surface area contributed by atoms with Crippen LogP contribution in [-0.4, -0.2) is 4.98 Å². The van der Waals surface area contributed by atoms with Gasteiger partial charge in [-0.3, -0.25) is 4.98 Å². The second kappa shape index (κ2) is 3.46. The molecule has 2 nitrogen and oxygen atoms in total. The lowest BCUT2D eigenvalue weighted by Crippen LogP contribution is -1.77. The van der Waals surface area contributed by atoms with Gasteiger partial charge in [0.15, 0.2) is 0 Å². The van der Waals surface area contributed by atoms with Crippen molar-refractivity contribution in [2.45, 2.75) is 4.90 Å². The van der Waals surface area contributed by atoms with Crippen molar-refractivity contribution < 1.29 is 0 Å². The van der Waals surface area contributed by atoms with Crippen LogP contribution < -0.4 is 0 Å². The van der Waals surface area contributed by atoms with Crippen LogP contribution in [-0.2, 0) is 0 Å². The Morgan fingerprint density at radius 3 is 3.08 bits per heavy atom. The molecule has 1 aromatic heterocycles. The summed E-state index contributed by atoms with van der Waals surface area (Å²) in [5.74, 6) is 0. The average molecular weight is 186 g/mol. The molecule has 0 saturated heterocycles. The largest absolute Gasteiger partial charge is 0.256 e. The zero-order chi connectivity index (χ0) is 9.10. The third-order valence-electron chi connectivity index (χ3n) is 1.74. The van der Waals surface area contributed by atoms with Crippen LogP contribution >= 0.6 is 11.8 Å². The summed E-state index contributed by atoms with van der Waals surface area (Å²) in [5.41, 5.74) is 0.963. The number of nitriles is 1. The molecule has 13 heavy (non-hydrogen) atoms. The Hall–Kier alpha value is -1.53. The molecule has 2 rings (SSSR count). The molecule has 0 amide bonds. The molecule has 0 saturated carbocycles. The molecule has 0 aliphatic carbocycles. The predicted molar refractivity (Wildman–Crippen MR) is 53.2 cm³/mol.